The fraction of sp³-hybridized carbons (Fsp3) is 0.531. The number of ether oxygens (including phenoxy) is 4. The Labute approximate surface area is 519 Å². The molecule has 4 saturated heterocycles. The molecule has 2 saturated carbocycles. The van der Waals surface area contributed by atoms with Crippen LogP contribution in [0.2, 0.25) is 0 Å². The van der Waals surface area contributed by atoms with Gasteiger partial charge in [-0.15, -0.1) is 0 Å². The van der Waals surface area contributed by atoms with Crippen LogP contribution in [0.3, 0.4) is 0 Å². The van der Waals surface area contributed by atoms with Gasteiger partial charge in [0.15, 0.2) is 47.6 Å². The van der Waals surface area contributed by atoms with Gasteiger partial charge in [0, 0.05) is 57.0 Å². The zero-order chi connectivity index (χ0) is 63.1. The van der Waals surface area contributed by atoms with Gasteiger partial charge in [-0.1, -0.05) is 81.1 Å². The van der Waals surface area contributed by atoms with Crippen molar-refractivity contribution >= 4 is 58.0 Å². The summed E-state index contributed by atoms with van der Waals surface area (Å²) >= 11 is 0. The third kappa shape index (κ3) is 13.4. The van der Waals surface area contributed by atoms with Crippen molar-refractivity contribution < 1.29 is 58.6 Å². The van der Waals surface area contributed by atoms with Gasteiger partial charge in [-0.25, -0.2) is 39.5 Å². The van der Waals surface area contributed by atoms with Crippen LogP contribution in [-0.4, -0.2) is 181 Å². The molecule has 10 N–H and O–H groups in total. The lowest BCUT2D eigenvalue weighted by atomic mass is 9.92. The Balaban J connectivity index is 0.000000179. The molecule has 4 aromatic heterocycles. The lowest BCUT2D eigenvalue weighted by Crippen LogP contribution is -2.43. The summed E-state index contributed by atoms with van der Waals surface area (Å²) in [6.07, 6.45) is -0.413. The van der Waals surface area contributed by atoms with Crippen molar-refractivity contribution in [2.45, 2.75) is 165 Å². The Kier molecular flexibility index (Phi) is 17.7. The maximum absolute atomic E-state index is 13.3. The van der Waals surface area contributed by atoms with E-state index in [9.17, 15) is 39.6 Å². The van der Waals surface area contributed by atoms with Crippen LogP contribution in [0.1, 0.15) is 133 Å². The number of nitrogens with one attached hydrogen (secondary N) is 2. The van der Waals surface area contributed by atoms with E-state index in [0.29, 0.717) is 62.6 Å². The molecule has 26 heteroatoms. The molecule has 2 aromatic carbocycles. The average Bonchev–Trinajstić information content (AvgIpc) is 1.65. The molecule has 0 radical (unpaired) electrons. The summed E-state index contributed by atoms with van der Waals surface area (Å²) in [5, 5.41) is 48.1. The number of likely N-dealkylation sites (tertiary alicyclic amines) is 2. The van der Waals surface area contributed by atoms with Crippen LogP contribution in [-0.2, 0) is 28.5 Å². The molecule has 6 fully saturated rings. The predicted octanol–water partition coefficient (Wildman–Crippen LogP) is 4.04. The van der Waals surface area contributed by atoms with Gasteiger partial charge in [0.25, 0.3) is 11.8 Å². The van der Waals surface area contributed by atoms with Crippen molar-refractivity contribution in [1.29, 1.82) is 0 Å². The number of carbonyl (C=O) groups is 4. The smallest absolute Gasteiger partial charge is 0.410 e. The highest BCUT2D eigenvalue weighted by atomic mass is 16.6. The van der Waals surface area contributed by atoms with Crippen LogP contribution in [0.25, 0.3) is 33.5 Å². The van der Waals surface area contributed by atoms with Gasteiger partial charge in [0.2, 0.25) is 11.6 Å². The van der Waals surface area contributed by atoms with E-state index in [0.717, 1.165) is 51.4 Å². The molecule has 6 aromatic rings. The summed E-state index contributed by atoms with van der Waals surface area (Å²) in [6.45, 7) is 10.8. The molecule has 8 heterocycles. The summed E-state index contributed by atoms with van der Waals surface area (Å²) in [5.74, 6) is 12.5. The van der Waals surface area contributed by atoms with Crippen molar-refractivity contribution in [3.8, 4) is 34.8 Å². The highest BCUT2D eigenvalue weighted by molar-refractivity contribution is 5.85. The number of aliphatic hydroxyl groups excluding tert-OH is 4. The second kappa shape index (κ2) is 25.8. The third-order valence-corrected chi connectivity index (χ3v) is 17.5. The minimum atomic E-state index is -1.42. The van der Waals surface area contributed by atoms with Gasteiger partial charge in [-0.3, -0.25) is 18.7 Å². The van der Waals surface area contributed by atoms with Crippen molar-refractivity contribution in [3.05, 3.63) is 84.0 Å². The number of piperidine rings is 2. The Morgan fingerprint density at radius 1 is 0.622 bits per heavy atom. The maximum Gasteiger partial charge on any atom is 0.410 e. The van der Waals surface area contributed by atoms with Gasteiger partial charge < -0.3 is 71.3 Å². The highest BCUT2D eigenvalue weighted by Crippen LogP contribution is 2.47. The lowest BCUT2D eigenvalue weighted by Gasteiger charge is -2.32. The zero-order valence-corrected chi connectivity index (χ0v) is 50.6. The normalized spacial score (nSPS) is 24.6. The number of nitrogen functional groups attached to an aromatic ring is 2. The molecule has 90 heavy (non-hydrogen) atoms. The standard InChI is InChI=1S/C37H39N7O6.C27H37N7O6/c1-20(28-25-10-4-2-8-23(25)24-9-3-5-11-26(24)28)49-37(48)43-17-15-21(16-18-43)7-6-12-27-41-33(38)29-34(42-27)44(19-39-29)36-31(46)30(45)32(50-36)35(47)40-22-13-14-22;1-27(2,3)13-39-26(38)33-11-9-15(10-12-33)5-4-6-17-31-22(28)18-23(32-17)34(14-29-18)25-20(36)19(35)21(40-25)24(37)30-16-7-8-16/h2-5,8-11,19-22,28,30-32,36,45-46H,7,13-18H2,1H3,(H,40,47)(H2,38,41,42);14-16,19-21,25,35-36H,5,7-13H2,1-3H3,(H,30,37)(H2,28,31,32)/t20?,30?,31-,32-,36+;19?,20-,21-,25+/m00/s1. The molecular weight excluding hydrogens is 1160 g/mol. The molecule has 4 aliphatic heterocycles. The number of amides is 4. The number of rotatable bonds is 11. The SMILES string of the molecule is CC(C)(C)COC(=O)N1CCC(CC#Cc2nc(N)c3ncn([C@@H]4O[C@H](C(=O)NC5CC5)C(O)[C@@H]4O)c3n2)CC1.CC(OC(=O)N1CCC(CC#Cc2nc(N)c3ncn([C@@H]4O[C@H](C(=O)NC5CC5)C(O)[C@@H]4O)c3n2)CC1)C1c2ccccc2-c2ccccc21. The second-order valence-electron chi connectivity index (χ2n) is 25.7. The zero-order valence-electron chi connectivity index (χ0n) is 50.6. The number of fused-ring (bicyclic) bond motifs is 5. The molecule has 13 rings (SSSR count). The first-order chi connectivity index (χ1) is 43.3. The Bertz CT molecular complexity index is 3760. The van der Waals surface area contributed by atoms with Gasteiger partial charge in [0.05, 0.1) is 19.3 Å². The fourth-order valence-electron chi connectivity index (χ4n) is 12.2. The first-order valence-corrected chi connectivity index (χ1v) is 30.9. The Hall–Kier alpha value is -8.50. The number of nitrogens with two attached hydrogens (primary N) is 2. The molecule has 474 valence electrons. The van der Waals surface area contributed by atoms with Crippen molar-refractivity contribution in [2.75, 3.05) is 44.3 Å². The molecule has 3 unspecified atom stereocenters. The Morgan fingerprint density at radius 3 is 1.47 bits per heavy atom. The minimum Gasteiger partial charge on any atom is -0.449 e. The molecule has 26 nitrogen and oxygen atoms in total. The third-order valence-electron chi connectivity index (χ3n) is 17.5. The molecule has 9 atom stereocenters. The predicted molar refractivity (Wildman–Crippen MR) is 326 cm³/mol. The van der Waals surface area contributed by atoms with E-state index in [1.807, 2.05) is 52.0 Å². The van der Waals surface area contributed by atoms with E-state index in [2.05, 4.69) is 88.5 Å². The Morgan fingerprint density at radius 2 is 1.04 bits per heavy atom. The van der Waals surface area contributed by atoms with E-state index >= 15 is 0 Å². The van der Waals surface area contributed by atoms with Crippen molar-refractivity contribution in [2.24, 2.45) is 17.3 Å². The molecule has 0 spiro atoms. The first-order valence-electron chi connectivity index (χ1n) is 30.9. The summed E-state index contributed by atoms with van der Waals surface area (Å²) < 4.78 is 25.9. The topological polar surface area (TPSA) is 356 Å². The van der Waals surface area contributed by atoms with Crippen molar-refractivity contribution in [3.63, 3.8) is 0 Å². The van der Waals surface area contributed by atoms with Gasteiger partial charge in [0.1, 0.15) is 41.6 Å². The lowest BCUT2D eigenvalue weighted by molar-refractivity contribution is -0.138. The summed E-state index contributed by atoms with van der Waals surface area (Å²) in [7, 11) is 0. The van der Waals surface area contributed by atoms with Crippen molar-refractivity contribution in [1.82, 2.24) is 59.5 Å². The number of anilines is 2. The van der Waals surface area contributed by atoms with Crippen LogP contribution in [0, 0.1) is 40.9 Å². The van der Waals surface area contributed by atoms with Gasteiger partial charge in [-0.05, 0) is 110 Å². The molecule has 3 aliphatic carbocycles. The summed E-state index contributed by atoms with van der Waals surface area (Å²) in [4.78, 5) is 80.2. The molecular formula is C64H76N14O12. The number of imidazole rings is 2. The van der Waals surface area contributed by atoms with Crippen LogP contribution in [0.15, 0.2) is 61.2 Å². The summed E-state index contributed by atoms with van der Waals surface area (Å²) in [5.41, 5.74) is 18.1. The van der Waals surface area contributed by atoms with E-state index in [1.54, 1.807) is 9.80 Å². The van der Waals surface area contributed by atoms with Gasteiger partial charge in [-0.2, -0.15) is 0 Å². The molecule has 7 aliphatic rings. The first kappa shape index (κ1) is 61.7. The summed E-state index contributed by atoms with van der Waals surface area (Å²) in [6, 6.07) is 16.8. The van der Waals surface area contributed by atoms with E-state index in [1.165, 1.54) is 44.0 Å². The van der Waals surface area contributed by atoms with Gasteiger partial charge >= 0.3 is 12.2 Å². The van der Waals surface area contributed by atoms with Crippen LogP contribution in [0.4, 0.5) is 21.2 Å². The number of aromatic nitrogens is 8. The second-order valence-corrected chi connectivity index (χ2v) is 25.7. The number of carbonyl (C=O) groups excluding carboxylic acids is 4. The maximum atomic E-state index is 13.3. The number of benzene rings is 2. The van der Waals surface area contributed by atoms with E-state index in [4.69, 9.17) is 30.4 Å². The fourth-order valence-corrected chi connectivity index (χ4v) is 12.2. The monoisotopic (exact) mass is 1230 g/mol. The number of hydrogen-bond donors (Lipinski definition) is 8. The number of aliphatic hydroxyl groups is 4. The van der Waals surface area contributed by atoms with Crippen LogP contribution in [0.5, 0.6) is 0 Å². The quantitative estimate of drug-likeness (QED) is 0.0848. The van der Waals surface area contributed by atoms with Crippen LogP contribution >= 0.6 is 0 Å². The minimum absolute atomic E-state index is 0.00834. The van der Waals surface area contributed by atoms with Crippen LogP contribution < -0.4 is 22.1 Å². The van der Waals surface area contributed by atoms with E-state index < -0.39 is 60.9 Å². The largest absolute Gasteiger partial charge is 0.449 e. The number of hydrogen-bond acceptors (Lipinski definition) is 20. The highest BCUT2D eigenvalue weighted by Gasteiger charge is 2.50. The molecule has 0 bridgehead atoms. The van der Waals surface area contributed by atoms with E-state index in [-0.39, 0.29) is 82.2 Å². The number of nitrogens with zero attached hydrogens (tertiary/aromatic N) is 10. The molecule has 4 amide bonds. The average molecular weight is 1230 g/mol.